The van der Waals surface area contributed by atoms with Gasteiger partial charge in [-0.1, -0.05) is 30.3 Å². The second-order valence-corrected chi connectivity index (χ2v) is 9.24. The standard InChI is InChI=1S/C28H21F5N6O2/c1-14(17-6-7-21(29)22(30)8-17)37-26(40)20-10-19(28(31,32)33)13-36-24(20)34-11-15-2-4-16(5-3-15)18-9-23-25(35-12-18)39-27(41)38-23/h2-10,12-14H,11H2,1H3,(H,34,36)(H,37,40)(H2,35,38,39,41). The van der Waals surface area contributed by atoms with Crippen molar-refractivity contribution in [3.63, 3.8) is 0 Å². The summed E-state index contributed by atoms with van der Waals surface area (Å²) >= 11 is 0. The Balaban J connectivity index is 1.34. The number of imidazole rings is 1. The number of hydrogen-bond donors (Lipinski definition) is 4. The van der Waals surface area contributed by atoms with Crippen LogP contribution < -0.4 is 16.3 Å². The van der Waals surface area contributed by atoms with Gasteiger partial charge in [0.05, 0.1) is 22.7 Å². The maximum Gasteiger partial charge on any atom is 0.417 e. The van der Waals surface area contributed by atoms with Crippen molar-refractivity contribution in [3.05, 3.63) is 111 Å². The van der Waals surface area contributed by atoms with Gasteiger partial charge in [0, 0.05) is 24.5 Å². The first-order valence-corrected chi connectivity index (χ1v) is 12.2. The van der Waals surface area contributed by atoms with Crippen LogP contribution in [0.3, 0.4) is 0 Å². The molecule has 5 rings (SSSR count). The van der Waals surface area contributed by atoms with Gasteiger partial charge in [0.15, 0.2) is 17.3 Å². The molecule has 41 heavy (non-hydrogen) atoms. The molecular formula is C28H21F5N6O2. The molecule has 0 aliphatic heterocycles. The second-order valence-electron chi connectivity index (χ2n) is 9.24. The Kier molecular flexibility index (Phi) is 7.26. The Bertz CT molecular complexity index is 1800. The van der Waals surface area contributed by atoms with Gasteiger partial charge in [-0.3, -0.25) is 9.78 Å². The molecule has 3 heterocycles. The molecule has 210 valence electrons. The lowest BCUT2D eigenvalue weighted by Crippen LogP contribution is -2.28. The van der Waals surface area contributed by atoms with Crippen molar-refractivity contribution < 1.29 is 26.7 Å². The van der Waals surface area contributed by atoms with Crippen molar-refractivity contribution in [1.29, 1.82) is 0 Å². The van der Waals surface area contributed by atoms with E-state index in [9.17, 15) is 31.5 Å². The number of halogens is 5. The lowest BCUT2D eigenvalue weighted by atomic mass is 10.1. The van der Waals surface area contributed by atoms with Crippen LogP contribution in [0.25, 0.3) is 22.3 Å². The lowest BCUT2D eigenvalue weighted by Gasteiger charge is -2.18. The van der Waals surface area contributed by atoms with Gasteiger partial charge in [0.1, 0.15) is 5.82 Å². The fraction of sp³-hybridized carbons (Fsp3) is 0.143. The van der Waals surface area contributed by atoms with E-state index in [1.165, 1.54) is 13.0 Å². The third kappa shape index (κ3) is 6.08. The summed E-state index contributed by atoms with van der Waals surface area (Å²) in [6.07, 6.45) is -2.51. The van der Waals surface area contributed by atoms with Crippen LogP contribution in [0.5, 0.6) is 0 Å². The van der Waals surface area contributed by atoms with Gasteiger partial charge in [-0.15, -0.1) is 0 Å². The molecule has 5 aromatic rings. The predicted molar refractivity (Wildman–Crippen MR) is 141 cm³/mol. The summed E-state index contributed by atoms with van der Waals surface area (Å²) in [5.74, 6) is -3.16. The molecule has 0 aliphatic carbocycles. The lowest BCUT2D eigenvalue weighted by molar-refractivity contribution is -0.137. The molecule has 0 radical (unpaired) electrons. The highest BCUT2D eigenvalue weighted by atomic mass is 19.4. The molecule has 0 saturated carbocycles. The van der Waals surface area contributed by atoms with Crippen LogP contribution in [-0.4, -0.2) is 25.8 Å². The van der Waals surface area contributed by atoms with Crippen molar-refractivity contribution in [2.75, 3.05) is 5.32 Å². The van der Waals surface area contributed by atoms with Crippen LogP contribution in [0.4, 0.5) is 27.8 Å². The molecular weight excluding hydrogens is 547 g/mol. The molecule has 3 aromatic heterocycles. The van der Waals surface area contributed by atoms with Gasteiger partial charge < -0.3 is 15.6 Å². The van der Waals surface area contributed by atoms with Crippen LogP contribution in [0.15, 0.2) is 71.8 Å². The van der Waals surface area contributed by atoms with Gasteiger partial charge in [-0.2, -0.15) is 13.2 Å². The van der Waals surface area contributed by atoms with Gasteiger partial charge in [-0.25, -0.2) is 23.5 Å². The third-order valence-corrected chi connectivity index (χ3v) is 6.37. The summed E-state index contributed by atoms with van der Waals surface area (Å²) in [4.78, 5) is 37.8. The van der Waals surface area contributed by atoms with Gasteiger partial charge in [0.2, 0.25) is 0 Å². The Morgan fingerprint density at radius 1 is 0.927 bits per heavy atom. The molecule has 0 spiro atoms. The highest BCUT2D eigenvalue weighted by molar-refractivity contribution is 5.99. The molecule has 2 aromatic carbocycles. The second kappa shape index (κ2) is 10.8. The largest absolute Gasteiger partial charge is 0.417 e. The maximum absolute atomic E-state index is 13.6. The van der Waals surface area contributed by atoms with E-state index < -0.39 is 35.3 Å². The number of hydrogen-bond acceptors (Lipinski definition) is 5. The van der Waals surface area contributed by atoms with Crippen molar-refractivity contribution in [1.82, 2.24) is 25.3 Å². The molecule has 0 fully saturated rings. The molecule has 4 N–H and O–H groups in total. The smallest absolute Gasteiger partial charge is 0.365 e. The molecule has 0 saturated heterocycles. The van der Waals surface area contributed by atoms with Gasteiger partial charge in [0.25, 0.3) is 5.91 Å². The SMILES string of the molecule is CC(NC(=O)c1cc(C(F)(F)F)cnc1NCc1ccc(-c2cnc3[nH]c(=O)[nH]c3c2)cc1)c1ccc(F)c(F)c1. The van der Waals surface area contributed by atoms with Crippen LogP contribution in [0.2, 0.25) is 0 Å². The average Bonchev–Trinajstić information content (AvgIpc) is 3.32. The zero-order valence-electron chi connectivity index (χ0n) is 21.2. The first-order chi connectivity index (χ1) is 19.5. The number of aromatic nitrogens is 4. The summed E-state index contributed by atoms with van der Waals surface area (Å²) in [6.45, 7) is 1.61. The number of carbonyl (C=O) groups is 1. The number of carbonyl (C=O) groups excluding carboxylic acids is 1. The summed E-state index contributed by atoms with van der Waals surface area (Å²) in [6, 6.07) is 11.8. The van der Waals surface area contributed by atoms with E-state index in [0.29, 0.717) is 23.4 Å². The predicted octanol–water partition coefficient (Wildman–Crippen LogP) is 5.71. The van der Waals surface area contributed by atoms with E-state index in [2.05, 4.69) is 30.6 Å². The average molecular weight is 569 g/mol. The molecule has 0 bridgehead atoms. The minimum absolute atomic E-state index is 0.0943. The number of alkyl halides is 3. The summed E-state index contributed by atoms with van der Waals surface area (Å²) in [5, 5.41) is 5.41. The Morgan fingerprint density at radius 3 is 2.39 bits per heavy atom. The topological polar surface area (TPSA) is 116 Å². The molecule has 1 atom stereocenters. The zero-order valence-corrected chi connectivity index (χ0v) is 21.2. The molecule has 13 heteroatoms. The van der Waals surface area contributed by atoms with Crippen LogP contribution in [0.1, 0.15) is 40.0 Å². The van der Waals surface area contributed by atoms with Crippen LogP contribution in [-0.2, 0) is 12.7 Å². The number of nitrogens with one attached hydrogen (secondary N) is 4. The van der Waals surface area contributed by atoms with E-state index in [0.717, 1.165) is 28.8 Å². The number of amides is 1. The van der Waals surface area contributed by atoms with Crippen LogP contribution in [0, 0.1) is 11.6 Å². The van der Waals surface area contributed by atoms with Crippen molar-refractivity contribution in [2.24, 2.45) is 0 Å². The number of fused-ring (bicyclic) bond motifs is 1. The van der Waals surface area contributed by atoms with E-state index in [1.54, 1.807) is 24.4 Å². The molecule has 1 amide bonds. The van der Waals surface area contributed by atoms with Crippen molar-refractivity contribution in [2.45, 2.75) is 25.7 Å². The highest BCUT2D eigenvalue weighted by Crippen LogP contribution is 2.31. The van der Waals surface area contributed by atoms with E-state index in [1.807, 2.05) is 12.1 Å². The molecule has 0 aliphatic rings. The number of H-pyrrole nitrogens is 2. The number of pyridine rings is 2. The van der Waals surface area contributed by atoms with Gasteiger partial charge >= 0.3 is 11.9 Å². The quantitative estimate of drug-likeness (QED) is 0.188. The van der Waals surface area contributed by atoms with Crippen LogP contribution >= 0.6 is 0 Å². The maximum atomic E-state index is 13.6. The summed E-state index contributed by atoms with van der Waals surface area (Å²) in [5.41, 5.74) is 1.66. The normalized spacial score (nSPS) is 12.3. The zero-order chi connectivity index (χ0) is 29.3. The Hall–Kier alpha value is -5.07. The summed E-state index contributed by atoms with van der Waals surface area (Å²) < 4.78 is 67.1. The summed E-state index contributed by atoms with van der Waals surface area (Å²) in [7, 11) is 0. The van der Waals surface area contributed by atoms with E-state index in [4.69, 9.17) is 0 Å². The number of rotatable bonds is 7. The molecule has 1 unspecified atom stereocenters. The van der Waals surface area contributed by atoms with E-state index in [-0.39, 0.29) is 29.2 Å². The molecule has 8 nitrogen and oxygen atoms in total. The van der Waals surface area contributed by atoms with E-state index >= 15 is 0 Å². The Morgan fingerprint density at radius 2 is 1.68 bits per heavy atom. The number of nitrogens with zero attached hydrogens (tertiary/aromatic N) is 2. The van der Waals surface area contributed by atoms with Crippen molar-refractivity contribution in [3.8, 4) is 11.1 Å². The minimum Gasteiger partial charge on any atom is -0.365 e. The number of benzene rings is 2. The number of aromatic amines is 2. The highest BCUT2D eigenvalue weighted by Gasteiger charge is 2.33. The third-order valence-electron chi connectivity index (χ3n) is 6.37. The minimum atomic E-state index is -4.74. The first kappa shape index (κ1) is 27.5. The monoisotopic (exact) mass is 568 g/mol. The number of anilines is 1. The van der Waals surface area contributed by atoms with Crippen molar-refractivity contribution >= 4 is 22.9 Å². The fourth-order valence-electron chi connectivity index (χ4n) is 4.15. The fourth-order valence-corrected chi connectivity index (χ4v) is 4.15. The Labute approximate surface area is 228 Å². The van der Waals surface area contributed by atoms with Gasteiger partial charge in [-0.05, 0) is 47.9 Å². The first-order valence-electron chi connectivity index (χ1n) is 12.2.